The summed E-state index contributed by atoms with van der Waals surface area (Å²) in [5.41, 5.74) is 0.818. The molecule has 0 radical (unpaired) electrons. The van der Waals surface area contributed by atoms with Gasteiger partial charge in [-0.05, 0) is 12.1 Å². The number of nitrogens with zero attached hydrogens (tertiary/aromatic N) is 3. The predicted molar refractivity (Wildman–Crippen MR) is 95.9 cm³/mol. The van der Waals surface area contributed by atoms with Crippen molar-refractivity contribution in [2.45, 2.75) is 6.29 Å². The van der Waals surface area contributed by atoms with Gasteiger partial charge >= 0.3 is 6.29 Å². The SMILES string of the molecule is O=C(Nc1cnc(-c2cc3c(cc2Cl)OC(F)(F)O3)cn1)c1ccncc1Cl. The van der Waals surface area contributed by atoms with Crippen LogP contribution in [0.2, 0.25) is 10.0 Å². The smallest absolute Gasteiger partial charge is 0.395 e. The minimum atomic E-state index is -3.75. The van der Waals surface area contributed by atoms with Gasteiger partial charge in [0.15, 0.2) is 17.3 Å². The fraction of sp³-hybridized carbons (Fsp3) is 0.0588. The number of hydrogen-bond acceptors (Lipinski definition) is 6. The van der Waals surface area contributed by atoms with E-state index < -0.39 is 12.2 Å². The largest absolute Gasteiger partial charge is 0.586 e. The Labute approximate surface area is 166 Å². The van der Waals surface area contributed by atoms with E-state index in [0.717, 1.165) is 0 Å². The third kappa shape index (κ3) is 3.54. The van der Waals surface area contributed by atoms with Crippen molar-refractivity contribution < 1.29 is 23.0 Å². The van der Waals surface area contributed by atoms with Gasteiger partial charge < -0.3 is 14.8 Å². The highest BCUT2D eigenvalue weighted by atomic mass is 35.5. The number of fused-ring (bicyclic) bond motifs is 1. The first kappa shape index (κ1) is 18.3. The number of ether oxygens (including phenoxy) is 2. The van der Waals surface area contributed by atoms with Gasteiger partial charge in [0.1, 0.15) is 0 Å². The van der Waals surface area contributed by atoms with Gasteiger partial charge in [0.05, 0.1) is 33.7 Å². The number of aromatic nitrogens is 3. The maximum absolute atomic E-state index is 13.2. The molecule has 4 rings (SSSR count). The lowest BCUT2D eigenvalue weighted by Gasteiger charge is -2.08. The summed E-state index contributed by atoms with van der Waals surface area (Å²) in [5, 5.41) is 2.85. The molecule has 0 bridgehead atoms. The van der Waals surface area contributed by atoms with Crippen LogP contribution in [0.3, 0.4) is 0 Å². The molecule has 142 valence electrons. The van der Waals surface area contributed by atoms with Gasteiger partial charge in [0.2, 0.25) is 0 Å². The molecule has 1 N–H and O–H groups in total. The summed E-state index contributed by atoms with van der Waals surface area (Å²) < 4.78 is 35.1. The van der Waals surface area contributed by atoms with E-state index in [1.54, 1.807) is 0 Å². The maximum Gasteiger partial charge on any atom is 0.586 e. The second kappa shape index (κ2) is 6.84. The minimum Gasteiger partial charge on any atom is -0.395 e. The zero-order chi connectivity index (χ0) is 19.9. The molecule has 7 nitrogen and oxygen atoms in total. The number of hydrogen-bond donors (Lipinski definition) is 1. The molecule has 0 aliphatic carbocycles. The normalized spacial score (nSPS) is 14.0. The molecule has 0 atom stereocenters. The van der Waals surface area contributed by atoms with Crippen molar-refractivity contribution in [2.24, 2.45) is 0 Å². The van der Waals surface area contributed by atoms with Crippen LogP contribution in [0.5, 0.6) is 11.5 Å². The van der Waals surface area contributed by atoms with Crippen molar-refractivity contribution in [3.05, 3.63) is 58.6 Å². The summed E-state index contributed by atoms with van der Waals surface area (Å²) in [6.07, 6.45) is 1.64. The number of alkyl halides is 2. The van der Waals surface area contributed by atoms with Gasteiger partial charge in [0, 0.05) is 24.0 Å². The molecular formula is C17H8Cl2F2N4O3. The van der Waals surface area contributed by atoms with Crippen LogP contribution in [0, 0.1) is 0 Å². The third-order valence-electron chi connectivity index (χ3n) is 3.68. The number of pyridine rings is 1. The van der Waals surface area contributed by atoms with Crippen LogP contribution in [-0.2, 0) is 0 Å². The number of halogens is 4. The van der Waals surface area contributed by atoms with Crippen LogP contribution < -0.4 is 14.8 Å². The van der Waals surface area contributed by atoms with E-state index in [9.17, 15) is 13.6 Å². The predicted octanol–water partition coefficient (Wildman–Crippen LogP) is 4.42. The molecule has 3 heterocycles. The van der Waals surface area contributed by atoms with Crippen LogP contribution in [0.1, 0.15) is 10.4 Å². The van der Waals surface area contributed by atoms with Crippen LogP contribution in [-0.4, -0.2) is 27.2 Å². The first-order chi connectivity index (χ1) is 13.3. The van der Waals surface area contributed by atoms with E-state index in [0.29, 0.717) is 5.56 Å². The monoisotopic (exact) mass is 424 g/mol. The fourth-order valence-corrected chi connectivity index (χ4v) is 2.90. The molecule has 2 aromatic heterocycles. The van der Waals surface area contributed by atoms with E-state index in [2.05, 4.69) is 29.7 Å². The Kier molecular flexibility index (Phi) is 4.48. The van der Waals surface area contributed by atoms with Gasteiger partial charge in [0.25, 0.3) is 5.91 Å². The average Bonchev–Trinajstić information content (AvgIpc) is 2.95. The Morgan fingerprint density at radius 3 is 2.46 bits per heavy atom. The second-order valence-corrected chi connectivity index (χ2v) is 6.36. The lowest BCUT2D eigenvalue weighted by Crippen LogP contribution is -2.25. The highest BCUT2D eigenvalue weighted by molar-refractivity contribution is 6.34. The summed E-state index contributed by atoms with van der Waals surface area (Å²) in [6.45, 7) is 0. The van der Waals surface area contributed by atoms with E-state index in [1.165, 1.54) is 43.0 Å². The van der Waals surface area contributed by atoms with Crippen molar-refractivity contribution in [3.8, 4) is 22.8 Å². The maximum atomic E-state index is 13.2. The Balaban J connectivity index is 1.56. The van der Waals surface area contributed by atoms with E-state index in [-0.39, 0.29) is 38.6 Å². The van der Waals surface area contributed by atoms with Crippen molar-refractivity contribution in [3.63, 3.8) is 0 Å². The van der Waals surface area contributed by atoms with Gasteiger partial charge in [-0.1, -0.05) is 23.2 Å². The van der Waals surface area contributed by atoms with Gasteiger partial charge in [-0.2, -0.15) is 0 Å². The molecule has 1 aromatic carbocycles. The highest BCUT2D eigenvalue weighted by Gasteiger charge is 2.43. The summed E-state index contributed by atoms with van der Waals surface area (Å²) in [4.78, 5) is 24.3. The molecule has 0 unspecified atom stereocenters. The summed E-state index contributed by atoms with van der Waals surface area (Å²) in [7, 11) is 0. The van der Waals surface area contributed by atoms with Gasteiger partial charge in [-0.25, -0.2) is 4.98 Å². The van der Waals surface area contributed by atoms with Crippen molar-refractivity contribution in [2.75, 3.05) is 5.32 Å². The number of anilines is 1. The van der Waals surface area contributed by atoms with Crippen molar-refractivity contribution >= 4 is 34.9 Å². The molecule has 0 saturated carbocycles. The molecular weight excluding hydrogens is 417 g/mol. The molecule has 11 heteroatoms. The molecule has 0 saturated heterocycles. The topological polar surface area (TPSA) is 86.2 Å². The van der Waals surface area contributed by atoms with Gasteiger partial charge in [-0.3, -0.25) is 14.8 Å². The zero-order valence-electron chi connectivity index (χ0n) is 13.6. The fourth-order valence-electron chi connectivity index (χ4n) is 2.44. The highest BCUT2D eigenvalue weighted by Crippen LogP contribution is 2.45. The second-order valence-electron chi connectivity index (χ2n) is 5.54. The number of carbonyl (C=O) groups excluding carboxylic acids is 1. The van der Waals surface area contributed by atoms with E-state index >= 15 is 0 Å². The molecule has 1 aliphatic rings. The van der Waals surface area contributed by atoms with Crippen molar-refractivity contribution in [1.82, 2.24) is 15.0 Å². The van der Waals surface area contributed by atoms with Gasteiger partial charge in [-0.15, -0.1) is 8.78 Å². The molecule has 3 aromatic rings. The Morgan fingerprint density at radius 1 is 1.04 bits per heavy atom. The van der Waals surface area contributed by atoms with E-state index in [4.69, 9.17) is 23.2 Å². The first-order valence-corrected chi connectivity index (χ1v) is 8.41. The standard InChI is InChI=1S/C17H8Cl2F2N4O3/c18-10-4-14-13(27-17(20,21)28-14)3-9(10)12-6-24-15(7-23-12)25-16(26)8-1-2-22-5-11(8)19/h1-7H,(H,24,25,26). The number of carbonyl (C=O) groups is 1. The summed E-state index contributed by atoms with van der Waals surface area (Å²) >= 11 is 12.0. The molecule has 28 heavy (non-hydrogen) atoms. The quantitative estimate of drug-likeness (QED) is 0.669. The molecule has 0 fully saturated rings. The minimum absolute atomic E-state index is 0.120. The summed E-state index contributed by atoms with van der Waals surface area (Å²) in [6, 6.07) is 3.94. The Bertz CT molecular complexity index is 1080. The number of nitrogens with one attached hydrogen (secondary N) is 1. The Morgan fingerprint density at radius 2 is 1.79 bits per heavy atom. The van der Waals surface area contributed by atoms with Crippen LogP contribution in [0.15, 0.2) is 43.0 Å². The Hall–Kier alpha value is -3.04. The molecule has 1 amide bonds. The lowest BCUT2D eigenvalue weighted by atomic mass is 10.1. The lowest BCUT2D eigenvalue weighted by molar-refractivity contribution is -0.286. The van der Waals surface area contributed by atoms with Crippen LogP contribution in [0.25, 0.3) is 11.3 Å². The number of rotatable bonds is 3. The first-order valence-electron chi connectivity index (χ1n) is 7.65. The van der Waals surface area contributed by atoms with E-state index in [1.807, 2.05) is 0 Å². The molecule has 1 aliphatic heterocycles. The summed E-state index contributed by atoms with van der Waals surface area (Å²) in [5.74, 6) is -0.677. The number of amides is 1. The van der Waals surface area contributed by atoms with Crippen molar-refractivity contribution in [1.29, 1.82) is 0 Å². The third-order valence-corrected chi connectivity index (χ3v) is 4.29. The van der Waals surface area contributed by atoms with Crippen LogP contribution in [0.4, 0.5) is 14.6 Å². The average molecular weight is 425 g/mol. The number of benzene rings is 1. The van der Waals surface area contributed by atoms with Crippen LogP contribution >= 0.6 is 23.2 Å². The molecule has 0 spiro atoms. The zero-order valence-corrected chi connectivity index (χ0v) is 15.1.